The first-order chi connectivity index (χ1) is 33.0. The highest BCUT2D eigenvalue weighted by atomic mass is 31.2. The summed E-state index contributed by atoms with van der Waals surface area (Å²) in [4.78, 5) is 23.3. The fourth-order valence-corrected chi connectivity index (χ4v) is 9.38. The van der Waals surface area contributed by atoms with Gasteiger partial charge in [-0.25, -0.2) is 4.57 Å². The van der Waals surface area contributed by atoms with Crippen LogP contribution in [0, 0.1) is 0 Å². The van der Waals surface area contributed by atoms with E-state index in [9.17, 15) is 39.8 Å². The van der Waals surface area contributed by atoms with Crippen molar-refractivity contribution >= 4 is 13.8 Å². The fourth-order valence-electron chi connectivity index (χ4n) is 8.41. The maximum Gasteiger partial charge on any atom is 0.472 e. The summed E-state index contributed by atoms with van der Waals surface area (Å²) in [6.45, 7) is 4.18. The number of hydrogen-bond donors (Lipinski definition) is 6. The van der Waals surface area contributed by atoms with E-state index in [2.05, 4.69) is 62.5 Å². The zero-order chi connectivity index (χ0) is 49.8. The molecular formula is C55H101O12P. The molecular weight excluding hydrogens is 884 g/mol. The molecule has 6 atom stereocenters. The van der Waals surface area contributed by atoms with Crippen molar-refractivity contribution in [1.29, 1.82) is 0 Å². The highest BCUT2D eigenvalue weighted by Gasteiger charge is 2.51. The summed E-state index contributed by atoms with van der Waals surface area (Å²) < 4.78 is 34.4. The summed E-state index contributed by atoms with van der Waals surface area (Å²) in [7, 11) is -5.03. The molecule has 1 fully saturated rings. The summed E-state index contributed by atoms with van der Waals surface area (Å²) in [6, 6.07) is 0. The van der Waals surface area contributed by atoms with Crippen LogP contribution < -0.4 is 0 Å². The SMILES string of the molecule is CC/C=C\C/C=C\C/C=C\C/C=C\CCCCCCCCCCC(=O)OC(COCCCCCCCCCCCCCCCCCCCCCC)COP(=O)(O)OC1C(O)C(O)C(O)C(O)C1O. The molecule has 0 saturated heterocycles. The van der Waals surface area contributed by atoms with Crippen molar-refractivity contribution in [1.82, 2.24) is 0 Å². The van der Waals surface area contributed by atoms with E-state index >= 15 is 0 Å². The van der Waals surface area contributed by atoms with Gasteiger partial charge in [0.15, 0.2) is 0 Å². The lowest BCUT2D eigenvalue weighted by atomic mass is 9.85. The van der Waals surface area contributed by atoms with Gasteiger partial charge >= 0.3 is 13.8 Å². The molecule has 0 spiro atoms. The number of phosphoric ester groups is 1. The van der Waals surface area contributed by atoms with Crippen LogP contribution in [0.1, 0.15) is 232 Å². The molecule has 13 heteroatoms. The Kier molecular flexibility index (Phi) is 42.7. The van der Waals surface area contributed by atoms with Gasteiger partial charge in [0.05, 0.1) is 13.2 Å². The Morgan fingerprint density at radius 1 is 0.485 bits per heavy atom. The lowest BCUT2D eigenvalue weighted by Gasteiger charge is -2.41. The minimum Gasteiger partial charge on any atom is -0.457 e. The fraction of sp³-hybridized carbons (Fsp3) is 0.836. The first kappa shape index (κ1) is 64.3. The molecule has 0 heterocycles. The topological polar surface area (TPSA) is 192 Å². The van der Waals surface area contributed by atoms with E-state index < -0.39 is 63.1 Å². The maximum absolute atomic E-state index is 12.9. The van der Waals surface area contributed by atoms with Crippen LogP contribution in [0.15, 0.2) is 48.6 Å². The van der Waals surface area contributed by atoms with Crippen molar-refractivity contribution in [2.24, 2.45) is 0 Å². The van der Waals surface area contributed by atoms with Crippen LogP contribution in [-0.2, 0) is 27.9 Å². The number of ether oxygens (including phenoxy) is 2. The molecule has 1 aliphatic rings. The number of carbonyl (C=O) groups excluding carboxylic acids is 1. The molecule has 0 radical (unpaired) electrons. The van der Waals surface area contributed by atoms with Crippen molar-refractivity contribution in [3.05, 3.63) is 48.6 Å². The van der Waals surface area contributed by atoms with Gasteiger partial charge in [-0.15, -0.1) is 0 Å². The van der Waals surface area contributed by atoms with E-state index in [4.69, 9.17) is 18.5 Å². The van der Waals surface area contributed by atoms with E-state index in [0.717, 1.165) is 77.0 Å². The second kappa shape index (κ2) is 45.2. The molecule has 1 saturated carbocycles. The predicted molar refractivity (Wildman–Crippen MR) is 276 cm³/mol. The Bertz CT molecular complexity index is 1310. The third-order valence-electron chi connectivity index (χ3n) is 12.7. The third kappa shape index (κ3) is 36.3. The summed E-state index contributed by atoms with van der Waals surface area (Å²) in [5.74, 6) is -0.483. The van der Waals surface area contributed by atoms with Crippen LogP contribution >= 0.6 is 7.82 Å². The monoisotopic (exact) mass is 985 g/mol. The van der Waals surface area contributed by atoms with Gasteiger partial charge in [0.1, 0.15) is 42.7 Å². The molecule has 0 bridgehead atoms. The molecule has 68 heavy (non-hydrogen) atoms. The van der Waals surface area contributed by atoms with Crippen molar-refractivity contribution in [2.45, 2.75) is 275 Å². The highest BCUT2D eigenvalue weighted by Crippen LogP contribution is 2.47. The molecule has 12 nitrogen and oxygen atoms in total. The number of phosphoric acid groups is 1. The third-order valence-corrected chi connectivity index (χ3v) is 13.7. The number of unbranched alkanes of at least 4 members (excludes halogenated alkanes) is 27. The van der Waals surface area contributed by atoms with Gasteiger partial charge in [0.25, 0.3) is 0 Å². The van der Waals surface area contributed by atoms with Crippen molar-refractivity contribution in [2.75, 3.05) is 19.8 Å². The van der Waals surface area contributed by atoms with E-state index in [-0.39, 0.29) is 13.0 Å². The number of allylic oxidation sites excluding steroid dienone is 8. The Hall–Kier alpha value is -1.70. The van der Waals surface area contributed by atoms with E-state index in [1.165, 1.54) is 128 Å². The van der Waals surface area contributed by atoms with E-state index in [0.29, 0.717) is 13.0 Å². The van der Waals surface area contributed by atoms with Crippen molar-refractivity contribution < 1.29 is 58.3 Å². The molecule has 398 valence electrons. The molecule has 0 aromatic heterocycles. The number of carbonyl (C=O) groups is 1. The number of hydrogen-bond acceptors (Lipinski definition) is 11. The van der Waals surface area contributed by atoms with Gasteiger partial charge in [-0.3, -0.25) is 13.8 Å². The Labute approximate surface area is 414 Å². The minimum absolute atomic E-state index is 0.0779. The molecule has 0 aromatic rings. The molecule has 0 aliphatic heterocycles. The van der Waals surface area contributed by atoms with E-state index in [1.807, 2.05) is 0 Å². The lowest BCUT2D eigenvalue weighted by molar-refractivity contribution is -0.220. The molecule has 6 N–H and O–H groups in total. The van der Waals surface area contributed by atoms with Crippen LogP contribution in [0.4, 0.5) is 0 Å². The quantitative estimate of drug-likeness (QED) is 0.0147. The van der Waals surface area contributed by atoms with Gasteiger partial charge in [-0.1, -0.05) is 223 Å². The smallest absolute Gasteiger partial charge is 0.457 e. The average molecular weight is 985 g/mol. The highest BCUT2D eigenvalue weighted by molar-refractivity contribution is 7.47. The van der Waals surface area contributed by atoms with Gasteiger partial charge in [-0.05, 0) is 51.4 Å². The van der Waals surface area contributed by atoms with Crippen LogP contribution in [-0.4, -0.2) is 98.9 Å². The normalized spacial score (nSPS) is 21.5. The molecule has 6 unspecified atom stereocenters. The summed E-state index contributed by atoms with van der Waals surface area (Å²) in [6.07, 6.45) is 44.6. The summed E-state index contributed by atoms with van der Waals surface area (Å²) >= 11 is 0. The Balaban J connectivity index is 2.31. The molecule has 0 amide bonds. The van der Waals surface area contributed by atoms with Crippen LogP contribution in [0.3, 0.4) is 0 Å². The first-order valence-corrected chi connectivity index (χ1v) is 29.0. The van der Waals surface area contributed by atoms with Crippen molar-refractivity contribution in [3.63, 3.8) is 0 Å². The Morgan fingerprint density at radius 2 is 0.868 bits per heavy atom. The zero-order valence-electron chi connectivity index (χ0n) is 42.9. The lowest BCUT2D eigenvalue weighted by Crippen LogP contribution is -2.64. The molecule has 1 aliphatic carbocycles. The van der Waals surface area contributed by atoms with Crippen molar-refractivity contribution in [3.8, 4) is 0 Å². The average Bonchev–Trinajstić information content (AvgIpc) is 3.32. The number of rotatable bonds is 47. The molecule has 1 rings (SSSR count). The van der Waals surface area contributed by atoms with E-state index in [1.54, 1.807) is 0 Å². The maximum atomic E-state index is 12.9. The second-order valence-electron chi connectivity index (χ2n) is 19.1. The molecule has 0 aromatic carbocycles. The zero-order valence-corrected chi connectivity index (χ0v) is 43.8. The number of aliphatic hydroxyl groups excluding tert-OH is 5. The Morgan fingerprint density at radius 3 is 1.32 bits per heavy atom. The van der Waals surface area contributed by atoms with Crippen LogP contribution in [0.2, 0.25) is 0 Å². The standard InChI is InChI=1S/C55H101O12P/c1-3-5-7-9-11-13-15-17-19-21-23-25-26-28-30-32-34-36-38-40-42-44-49(56)66-48(47-65-68(62,63)67-55-53(60)51(58)50(57)52(59)54(55)61)46-64-45-43-41-39-37-35-33-31-29-27-24-22-20-18-16-14-12-10-8-6-4-2/h5,7,11,13,17,19,23,25,48,50-55,57-61H,3-4,6,8-10,12,14-16,18,20-22,24,26-47H2,1-2H3,(H,62,63)/b7-5-,13-11-,19-17-,25-23-. The van der Waals surface area contributed by atoms with Gasteiger partial charge in [0.2, 0.25) is 0 Å². The second-order valence-corrected chi connectivity index (χ2v) is 20.5. The van der Waals surface area contributed by atoms with Gasteiger partial charge in [-0.2, -0.15) is 0 Å². The predicted octanol–water partition coefficient (Wildman–Crippen LogP) is 12.8. The minimum atomic E-state index is -5.03. The van der Waals surface area contributed by atoms with Crippen LogP contribution in [0.25, 0.3) is 0 Å². The first-order valence-electron chi connectivity index (χ1n) is 27.5. The number of aliphatic hydroxyl groups is 5. The largest absolute Gasteiger partial charge is 0.472 e. The number of esters is 1. The van der Waals surface area contributed by atoms with Gasteiger partial charge < -0.3 is 39.9 Å². The summed E-state index contributed by atoms with van der Waals surface area (Å²) in [5.41, 5.74) is 0. The summed E-state index contributed by atoms with van der Waals surface area (Å²) in [5, 5.41) is 50.4. The van der Waals surface area contributed by atoms with Gasteiger partial charge in [0, 0.05) is 13.0 Å². The van der Waals surface area contributed by atoms with Crippen LogP contribution in [0.5, 0.6) is 0 Å².